The Hall–Kier alpha value is -5.02. The minimum absolute atomic E-state index is 0.533. The molecule has 2 aliphatic rings. The molecule has 56 heavy (non-hydrogen) atoms. The summed E-state index contributed by atoms with van der Waals surface area (Å²) >= 11 is 4.34. The second-order valence-electron chi connectivity index (χ2n) is 13.3. The second-order valence-corrected chi connectivity index (χ2v) is 18.4. The van der Waals surface area contributed by atoms with Crippen LogP contribution in [0, 0.1) is 4.37 Å². The van der Waals surface area contributed by atoms with Gasteiger partial charge in [0.25, 0.3) is 0 Å². The number of nitrogen functional groups attached to an aromatic ring is 2. The molecule has 3 heterocycles. The van der Waals surface area contributed by atoms with Crippen molar-refractivity contribution in [3.05, 3.63) is 161 Å². The molecule has 0 aliphatic carbocycles. The molecule has 8 rings (SSSR count). The van der Waals surface area contributed by atoms with Crippen molar-refractivity contribution in [2.24, 2.45) is 0 Å². The van der Waals surface area contributed by atoms with Crippen molar-refractivity contribution in [1.82, 2.24) is 8.75 Å². The molecule has 0 spiro atoms. The summed E-state index contributed by atoms with van der Waals surface area (Å²) in [5, 5.41) is 4.87. The summed E-state index contributed by atoms with van der Waals surface area (Å²) < 4.78 is 26.3. The van der Waals surface area contributed by atoms with Crippen molar-refractivity contribution in [2.45, 2.75) is 13.8 Å². The molecular formula is C45H39N6OOsPS2+. The quantitative estimate of drug-likeness (QED) is 0.0491. The van der Waals surface area contributed by atoms with E-state index in [4.69, 9.17) is 25.0 Å². The van der Waals surface area contributed by atoms with E-state index in [-0.39, 0.29) is 0 Å². The third-order valence-corrected chi connectivity index (χ3v) is 16.6. The number of aromatic nitrogens is 2. The first-order chi connectivity index (χ1) is 27.5. The molecule has 0 amide bonds. The maximum absolute atomic E-state index is 7.02. The molecule has 0 atom stereocenters. The van der Waals surface area contributed by atoms with E-state index in [0.29, 0.717) is 30.1 Å². The van der Waals surface area contributed by atoms with Crippen LogP contribution >= 0.6 is 31.1 Å². The van der Waals surface area contributed by atoms with Gasteiger partial charge in [-0.2, -0.15) is 0 Å². The van der Waals surface area contributed by atoms with Crippen molar-refractivity contribution in [3.8, 4) is 15.5 Å². The summed E-state index contributed by atoms with van der Waals surface area (Å²) in [5.41, 5.74) is 25.1. The van der Waals surface area contributed by atoms with Crippen molar-refractivity contribution in [1.29, 1.82) is 0 Å². The van der Waals surface area contributed by atoms with Gasteiger partial charge in [-0.3, -0.25) is 0 Å². The third kappa shape index (κ3) is 6.78. The minimum atomic E-state index is -2.51. The summed E-state index contributed by atoms with van der Waals surface area (Å²) in [5.74, 6) is 0. The first kappa shape index (κ1) is 37.9. The Kier molecular flexibility index (Phi) is 11.2. The summed E-state index contributed by atoms with van der Waals surface area (Å²) in [4.78, 5) is 0. The van der Waals surface area contributed by atoms with Crippen LogP contribution in [0.2, 0.25) is 0 Å². The summed E-state index contributed by atoms with van der Waals surface area (Å²) in [7, 11) is -2.51. The fourth-order valence-corrected chi connectivity index (χ4v) is 14.6. The SMILES string of the molecule is CC=C1COCC1=CC(/C=C/c1cc(N)c(-c2c(N)cc(/C=C/C)c3c2NSN3)c2nsnc12)=C([C]#[Os])[P+](c1ccccc1)(c1ccccc1)c1ccccc1. The molecule has 6 N–H and O–H groups in total. The molecule has 0 saturated carbocycles. The predicted octanol–water partition coefficient (Wildman–Crippen LogP) is 9.63. The zero-order chi connectivity index (χ0) is 38.6. The van der Waals surface area contributed by atoms with Crippen LogP contribution in [0.5, 0.6) is 0 Å². The van der Waals surface area contributed by atoms with Crippen molar-refractivity contribution >= 4 is 93.0 Å². The number of hydrogen-bond acceptors (Lipinski definition) is 9. The first-order valence-corrected chi connectivity index (χ1v) is 22.7. The molecular weight excluding hydrogens is 926 g/mol. The average Bonchev–Trinajstić information content (AvgIpc) is 4.03. The molecule has 7 nitrogen and oxygen atoms in total. The topological polar surface area (TPSA) is 111 Å². The number of rotatable bonds is 9. The summed E-state index contributed by atoms with van der Waals surface area (Å²) in [6, 6.07) is 36.6. The van der Waals surface area contributed by atoms with Crippen LogP contribution in [-0.4, -0.2) is 22.0 Å². The van der Waals surface area contributed by atoms with Gasteiger partial charge in [-0.1, -0.05) is 12.2 Å². The van der Waals surface area contributed by atoms with Crippen LogP contribution in [-0.2, 0) is 22.7 Å². The Morgan fingerprint density at radius 1 is 0.750 bits per heavy atom. The van der Waals surface area contributed by atoms with E-state index >= 15 is 0 Å². The van der Waals surface area contributed by atoms with Gasteiger partial charge < -0.3 is 4.72 Å². The second kappa shape index (κ2) is 16.6. The van der Waals surface area contributed by atoms with Crippen LogP contribution in [0.1, 0.15) is 25.0 Å². The van der Waals surface area contributed by atoms with Gasteiger partial charge in [0.1, 0.15) is 0 Å². The zero-order valence-corrected chi connectivity index (χ0v) is 35.8. The summed E-state index contributed by atoms with van der Waals surface area (Å²) in [6.45, 7) is 5.18. The van der Waals surface area contributed by atoms with Gasteiger partial charge >= 0.3 is 307 Å². The fourth-order valence-electron chi connectivity index (χ4n) is 7.54. The monoisotopic (exact) mass is 966 g/mol. The Labute approximate surface area is 346 Å². The molecule has 0 bridgehead atoms. The van der Waals surface area contributed by atoms with Crippen molar-refractivity contribution in [3.63, 3.8) is 0 Å². The number of anilines is 4. The Morgan fingerprint density at radius 3 is 1.93 bits per heavy atom. The molecule has 6 aromatic rings. The fraction of sp³-hybridized carbons (Fsp3) is 0.0889. The molecule has 0 radical (unpaired) electrons. The number of benzene rings is 5. The molecule has 0 unspecified atom stereocenters. The third-order valence-electron chi connectivity index (χ3n) is 10.1. The zero-order valence-electron chi connectivity index (χ0n) is 30.8. The Bertz CT molecular complexity index is 2550. The molecule has 1 fully saturated rings. The predicted molar refractivity (Wildman–Crippen MR) is 239 cm³/mol. The van der Waals surface area contributed by atoms with Gasteiger partial charge in [0.15, 0.2) is 0 Å². The van der Waals surface area contributed by atoms with Crippen molar-refractivity contribution in [2.75, 3.05) is 34.1 Å². The van der Waals surface area contributed by atoms with Gasteiger partial charge in [0.05, 0.1) is 12.1 Å². The molecule has 2 aliphatic heterocycles. The molecule has 5 aromatic carbocycles. The molecule has 11 heteroatoms. The van der Waals surface area contributed by atoms with Gasteiger partial charge in [-0.15, -0.1) is 0 Å². The van der Waals surface area contributed by atoms with E-state index in [1.54, 1.807) is 17.9 Å². The van der Waals surface area contributed by atoms with Gasteiger partial charge in [0.2, 0.25) is 0 Å². The Balaban J connectivity index is 1.39. The molecule has 279 valence electrons. The number of nitrogens with zero attached hydrogens (tertiary/aromatic N) is 2. The van der Waals surface area contributed by atoms with Crippen LogP contribution in [0.15, 0.2) is 149 Å². The van der Waals surface area contributed by atoms with Gasteiger partial charge in [-0.25, -0.2) is 0 Å². The number of hydrogen-bond donors (Lipinski definition) is 4. The van der Waals surface area contributed by atoms with E-state index in [2.05, 4.69) is 136 Å². The maximum atomic E-state index is 7.02. The van der Waals surface area contributed by atoms with Crippen LogP contribution in [0.25, 0.3) is 34.3 Å². The average molecular weight is 965 g/mol. The number of nitrogens with one attached hydrogen (secondary N) is 2. The molecule has 1 saturated heterocycles. The van der Waals surface area contributed by atoms with E-state index < -0.39 is 7.26 Å². The Morgan fingerprint density at radius 2 is 1.32 bits per heavy atom. The standard InChI is InChI=1S/C45H39N6OPS2.Os/c1-4-15-32-25-38(46)40(44-42(32)48-54-50-44)41-39(47)26-33(43-45(41)51-55-49-43)23-22-31(24-34-28-52-27-30(34)5-2)29(3)53(35-16-9-6-10-17-35,36-18-11-7-12-19-36)37-20-13-8-14-21-37;/h4-26,48,50H,27-28,46-47H2,1-2H3;/q+1;/b15-4+,23-22+,30-5?,31-29?,34-24?;. The first-order valence-electron chi connectivity index (χ1n) is 18.1. The van der Waals surface area contributed by atoms with E-state index in [0.717, 1.165) is 55.6 Å². The van der Waals surface area contributed by atoms with Gasteiger partial charge in [-0.05, 0) is 6.92 Å². The summed E-state index contributed by atoms with van der Waals surface area (Å²) in [6.07, 6.45) is 12.8. The number of fused-ring (bicyclic) bond motifs is 2. The van der Waals surface area contributed by atoms with Crippen molar-refractivity contribution < 1.29 is 22.7 Å². The van der Waals surface area contributed by atoms with E-state index in [9.17, 15) is 0 Å². The van der Waals surface area contributed by atoms with E-state index in [1.165, 1.54) is 45.3 Å². The van der Waals surface area contributed by atoms with Gasteiger partial charge in [0, 0.05) is 5.56 Å². The number of allylic oxidation sites excluding steroid dienone is 6. The normalized spacial score (nSPS) is 16.0. The number of nitrogens with two attached hydrogens (primary N) is 2. The van der Waals surface area contributed by atoms with Crippen LogP contribution < -0.4 is 36.8 Å². The van der Waals surface area contributed by atoms with Crippen LogP contribution in [0.3, 0.4) is 0 Å². The molecule has 1 aromatic heterocycles. The number of ether oxygens (including phenoxy) is 1. The van der Waals surface area contributed by atoms with Crippen LogP contribution in [0.4, 0.5) is 22.7 Å². The van der Waals surface area contributed by atoms with E-state index in [1.807, 2.05) is 31.2 Å².